The van der Waals surface area contributed by atoms with Crippen molar-refractivity contribution in [3.8, 4) is 0 Å². The number of carbonyl (C=O) groups is 1. The fraction of sp³-hybridized carbons (Fsp3) is 0.400. The number of rotatable bonds is 4. The second-order valence-electron chi connectivity index (χ2n) is 8.93. The van der Waals surface area contributed by atoms with Crippen LogP contribution < -0.4 is 14.7 Å². The van der Waals surface area contributed by atoms with Gasteiger partial charge in [0, 0.05) is 64.5 Å². The Morgan fingerprint density at radius 2 is 1.70 bits per heavy atom. The van der Waals surface area contributed by atoms with E-state index in [4.69, 9.17) is 14.4 Å². The van der Waals surface area contributed by atoms with Gasteiger partial charge in [-0.2, -0.15) is 4.98 Å². The molecule has 0 spiro atoms. The number of amides is 1. The Balaban J connectivity index is 1.34. The van der Waals surface area contributed by atoms with E-state index in [2.05, 4.69) is 41.0 Å². The van der Waals surface area contributed by atoms with Gasteiger partial charge in [0.15, 0.2) is 5.76 Å². The number of fused-ring (bicyclic) bond motifs is 1. The third kappa shape index (κ3) is 4.25. The molecule has 1 saturated heterocycles. The predicted molar refractivity (Wildman–Crippen MR) is 129 cm³/mol. The molecule has 33 heavy (non-hydrogen) atoms. The fourth-order valence-corrected chi connectivity index (χ4v) is 4.54. The minimum absolute atomic E-state index is 0.0911. The maximum atomic E-state index is 12.8. The van der Waals surface area contributed by atoms with Crippen molar-refractivity contribution in [1.82, 2.24) is 14.9 Å². The summed E-state index contributed by atoms with van der Waals surface area (Å²) < 4.78 is 5.32. The first kappa shape index (κ1) is 21.3. The van der Waals surface area contributed by atoms with Crippen molar-refractivity contribution in [3.63, 3.8) is 0 Å². The lowest BCUT2D eigenvalue weighted by Crippen LogP contribution is -2.47. The lowest BCUT2D eigenvalue weighted by atomic mass is 10.1. The molecular weight excluding hydrogens is 416 g/mol. The molecule has 0 N–H and O–H groups in total. The first-order valence-corrected chi connectivity index (χ1v) is 11.5. The zero-order chi connectivity index (χ0) is 22.9. The van der Waals surface area contributed by atoms with E-state index in [1.54, 1.807) is 12.1 Å². The summed E-state index contributed by atoms with van der Waals surface area (Å²) in [5.74, 6) is 1.94. The molecule has 1 amide bonds. The van der Waals surface area contributed by atoms with Crippen LogP contribution >= 0.6 is 0 Å². The van der Waals surface area contributed by atoms with E-state index in [9.17, 15) is 4.79 Å². The van der Waals surface area contributed by atoms with Crippen LogP contribution in [0.25, 0.3) is 0 Å². The number of nitrogens with zero attached hydrogens (tertiary/aromatic N) is 6. The van der Waals surface area contributed by atoms with Crippen LogP contribution in [0.15, 0.2) is 47.1 Å². The number of piperazine rings is 1. The Labute approximate surface area is 194 Å². The smallest absolute Gasteiger partial charge is 0.289 e. The third-order valence-corrected chi connectivity index (χ3v) is 6.43. The molecule has 0 saturated carbocycles. The lowest BCUT2D eigenvalue weighted by Gasteiger charge is -2.37. The number of aromatic nitrogens is 2. The SMILES string of the molecule is Cc1ccc(N2CCN(c3nc4c(c(N(C)C)n3)CN(C(=O)c3ccco3)CC4)CC2)cc1. The zero-order valence-corrected chi connectivity index (χ0v) is 19.5. The van der Waals surface area contributed by atoms with Crippen molar-refractivity contribution in [2.45, 2.75) is 19.9 Å². The van der Waals surface area contributed by atoms with Gasteiger partial charge in [-0.05, 0) is 31.2 Å². The van der Waals surface area contributed by atoms with Gasteiger partial charge in [-0.3, -0.25) is 4.79 Å². The maximum Gasteiger partial charge on any atom is 0.289 e. The molecular formula is C25H30N6O2. The molecule has 8 heteroatoms. The number of aryl methyl sites for hydroxylation is 1. The molecule has 3 aromatic rings. The summed E-state index contributed by atoms with van der Waals surface area (Å²) in [5, 5.41) is 0. The number of benzene rings is 1. The van der Waals surface area contributed by atoms with E-state index >= 15 is 0 Å². The summed E-state index contributed by atoms with van der Waals surface area (Å²) in [7, 11) is 3.99. The number of carbonyl (C=O) groups excluding carboxylic acids is 1. The van der Waals surface area contributed by atoms with E-state index in [0.717, 1.165) is 49.2 Å². The van der Waals surface area contributed by atoms with Crippen molar-refractivity contribution in [2.24, 2.45) is 0 Å². The van der Waals surface area contributed by atoms with Crippen LogP contribution in [0.1, 0.15) is 27.4 Å². The highest BCUT2D eigenvalue weighted by atomic mass is 16.3. The van der Waals surface area contributed by atoms with Gasteiger partial charge < -0.3 is 24.0 Å². The summed E-state index contributed by atoms with van der Waals surface area (Å²) in [6.07, 6.45) is 2.24. The summed E-state index contributed by atoms with van der Waals surface area (Å²) in [5.41, 5.74) is 4.60. The van der Waals surface area contributed by atoms with Crippen LogP contribution in [0, 0.1) is 6.92 Å². The first-order valence-electron chi connectivity index (χ1n) is 11.5. The van der Waals surface area contributed by atoms with Crippen molar-refractivity contribution < 1.29 is 9.21 Å². The third-order valence-electron chi connectivity index (χ3n) is 6.43. The average Bonchev–Trinajstić information content (AvgIpc) is 3.38. The topological polar surface area (TPSA) is 69.0 Å². The van der Waals surface area contributed by atoms with Crippen LogP contribution in [0.5, 0.6) is 0 Å². The Bertz CT molecular complexity index is 1120. The normalized spacial score (nSPS) is 16.0. The molecule has 5 rings (SSSR count). The minimum Gasteiger partial charge on any atom is -0.459 e. The van der Waals surface area contributed by atoms with Gasteiger partial charge in [-0.25, -0.2) is 4.98 Å². The van der Waals surface area contributed by atoms with Crippen molar-refractivity contribution >= 4 is 23.4 Å². The van der Waals surface area contributed by atoms with Crippen molar-refractivity contribution in [2.75, 3.05) is 61.5 Å². The molecule has 4 heterocycles. The largest absolute Gasteiger partial charge is 0.459 e. The molecule has 0 radical (unpaired) electrons. The Morgan fingerprint density at radius 1 is 0.970 bits per heavy atom. The monoisotopic (exact) mass is 446 g/mol. The predicted octanol–water partition coefficient (Wildman–Crippen LogP) is 2.97. The quantitative estimate of drug-likeness (QED) is 0.610. The fourth-order valence-electron chi connectivity index (χ4n) is 4.54. The molecule has 172 valence electrons. The van der Waals surface area contributed by atoms with E-state index in [-0.39, 0.29) is 5.91 Å². The highest BCUT2D eigenvalue weighted by Gasteiger charge is 2.29. The highest BCUT2D eigenvalue weighted by molar-refractivity contribution is 5.91. The second kappa shape index (κ2) is 8.77. The summed E-state index contributed by atoms with van der Waals surface area (Å²) in [4.78, 5) is 31.2. The molecule has 0 unspecified atom stereocenters. The highest BCUT2D eigenvalue weighted by Crippen LogP contribution is 2.29. The first-order chi connectivity index (χ1) is 16.0. The van der Waals surface area contributed by atoms with Gasteiger partial charge in [-0.15, -0.1) is 0 Å². The number of furan rings is 1. The van der Waals surface area contributed by atoms with Gasteiger partial charge in [0.25, 0.3) is 5.91 Å². The van der Waals surface area contributed by atoms with Gasteiger partial charge in [0.1, 0.15) is 5.82 Å². The Morgan fingerprint density at radius 3 is 2.36 bits per heavy atom. The zero-order valence-electron chi connectivity index (χ0n) is 19.5. The molecule has 0 aliphatic carbocycles. The Hall–Kier alpha value is -3.55. The van der Waals surface area contributed by atoms with Gasteiger partial charge >= 0.3 is 0 Å². The number of hydrogen-bond donors (Lipinski definition) is 0. The van der Waals surface area contributed by atoms with Crippen molar-refractivity contribution in [3.05, 3.63) is 65.2 Å². The number of hydrogen-bond acceptors (Lipinski definition) is 7. The Kier molecular flexibility index (Phi) is 5.66. The van der Waals surface area contributed by atoms with Crippen molar-refractivity contribution in [1.29, 1.82) is 0 Å². The maximum absolute atomic E-state index is 12.8. The van der Waals surface area contributed by atoms with E-state index in [1.807, 2.05) is 23.9 Å². The molecule has 2 aliphatic heterocycles. The molecule has 0 atom stereocenters. The molecule has 2 aliphatic rings. The molecule has 1 fully saturated rings. The van der Waals surface area contributed by atoms with Crippen LogP contribution in [-0.2, 0) is 13.0 Å². The standard InChI is InChI=1S/C25H30N6O2/c1-18-6-8-19(9-7-18)29-12-14-30(15-13-29)25-26-21-10-11-31(24(32)22-5-4-16-33-22)17-20(21)23(27-25)28(2)3/h4-9,16H,10-15,17H2,1-3H3. The lowest BCUT2D eigenvalue weighted by molar-refractivity contribution is 0.0701. The van der Waals surface area contributed by atoms with Crippen LogP contribution in [0.2, 0.25) is 0 Å². The van der Waals surface area contributed by atoms with Crippen LogP contribution in [0.4, 0.5) is 17.5 Å². The second-order valence-corrected chi connectivity index (χ2v) is 8.93. The molecule has 2 aromatic heterocycles. The van der Waals surface area contributed by atoms with Gasteiger partial charge in [-0.1, -0.05) is 17.7 Å². The van der Waals surface area contributed by atoms with E-state index in [1.165, 1.54) is 17.5 Å². The molecule has 0 bridgehead atoms. The van der Waals surface area contributed by atoms with Gasteiger partial charge in [0.05, 0.1) is 18.5 Å². The minimum atomic E-state index is -0.0911. The van der Waals surface area contributed by atoms with E-state index < -0.39 is 0 Å². The van der Waals surface area contributed by atoms with E-state index in [0.29, 0.717) is 25.3 Å². The number of anilines is 3. The summed E-state index contributed by atoms with van der Waals surface area (Å²) in [6.45, 7) is 6.86. The molecule has 1 aromatic carbocycles. The summed E-state index contributed by atoms with van der Waals surface area (Å²) in [6, 6.07) is 12.2. The van der Waals surface area contributed by atoms with Crippen LogP contribution in [-0.4, -0.2) is 67.6 Å². The van der Waals surface area contributed by atoms with Gasteiger partial charge in [0.2, 0.25) is 5.95 Å². The summed E-state index contributed by atoms with van der Waals surface area (Å²) >= 11 is 0. The van der Waals surface area contributed by atoms with Crippen LogP contribution in [0.3, 0.4) is 0 Å². The molecule has 8 nitrogen and oxygen atoms in total. The average molecular weight is 447 g/mol.